The first-order valence-electron chi connectivity index (χ1n) is 9.90. The Hall–Kier alpha value is -4.01. The molecule has 0 aliphatic heterocycles. The third kappa shape index (κ3) is 3.31. The first-order chi connectivity index (χ1) is 15.2. The number of nitriles is 2. The molecule has 1 aromatic carbocycles. The van der Waals surface area contributed by atoms with Crippen molar-refractivity contribution >= 4 is 28.1 Å². The number of nitrogens with two attached hydrogens (primary N) is 1. The van der Waals surface area contributed by atoms with Crippen LogP contribution in [-0.4, -0.2) is 14.6 Å². The third-order valence-corrected chi connectivity index (χ3v) is 6.19. The molecule has 2 N–H and O–H groups in total. The standard InChI is InChI=1S/C24H20N6OS/c1-13-15(21-28-23(24(2,3)4)29-30(21)22(31)16(13)11-25)10-18-19(14-8-6-5-7-9-14)17(12-26)20(27)32-18/h5-10H,27H2,1-4H3. The Labute approximate surface area is 188 Å². The monoisotopic (exact) mass is 440 g/mol. The van der Waals surface area contributed by atoms with E-state index in [9.17, 15) is 15.3 Å². The lowest BCUT2D eigenvalue weighted by molar-refractivity contribution is 0.544. The lowest BCUT2D eigenvalue weighted by atomic mass is 9.96. The Morgan fingerprint density at radius 3 is 2.38 bits per heavy atom. The van der Waals surface area contributed by atoms with Crippen molar-refractivity contribution in [1.82, 2.24) is 14.6 Å². The predicted molar refractivity (Wildman–Crippen MR) is 125 cm³/mol. The third-order valence-electron chi connectivity index (χ3n) is 5.23. The van der Waals surface area contributed by atoms with Crippen molar-refractivity contribution in [2.75, 3.05) is 5.73 Å². The van der Waals surface area contributed by atoms with E-state index >= 15 is 0 Å². The maximum atomic E-state index is 12.9. The lowest BCUT2D eigenvalue weighted by Crippen LogP contribution is -2.27. The summed E-state index contributed by atoms with van der Waals surface area (Å²) in [4.78, 5) is 18.3. The van der Waals surface area contributed by atoms with Gasteiger partial charge in [0.1, 0.15) is 22.7 Å². The summed E-state index contributed by atoms with van der Waals surface area (Å²) in [6, 6.07) is 13.7. The minimum Gasteiger partial charge on any atom is -0.389 e. The average molecular weight is 441 g/mol. The average Bonchev–Trinajstić information content (AvgIpc) is 3.33. The molecule has 0 aliphatic rings. The van der Waals surface area contributed by atoms with Crippen molar-refractivity contribution in [3.8, 4) is 23.3 Å². The number of anilines is 1. The predicted octanol–water partition coefficient (Wildman–Crippen LogP) is 3.30. The van der Waals surface area contributed by atoms with Crippen LogP contribution in [0.15, 0.2) is 35.1 Å². The number of nitrogens with zero attached hydrogens (tertiary/aromatic N) is 5. The highest BCUT2D eigenvalue weighted by Crippen LogP contribution is 2.38. The molecule has 0 fully saturated rings. The van der Waals surface area contributed by atoms with E-state index in [0.29, 0.717) is 38.4 Å². The molecule has 3 heterocycles. The van der Waals surface area contributed by atoms with E-state index in [1.165, 1.54) is 15.9 Å². The Kier molecular flexibility index (Phi) is 5.04. The molecule has 3 aromatic heterocycles. The van der Waals surface area contributed by atoms with Crippen LogP contribution >= 0.6 is 11.3 Å². The van der Waals surface area contributed by atoms with Gasteiger partial charge in [0.15, 0.2) is 11.5 Å². The van der Waals surface area contributed by atoms with Crippen LogP contribution in [-0.2, 0) is 5.41 Å². The smallest absolute Gasteiger partial charge is 0.291 e. The molecular formula is C24H20N6OS. The Morgan fingerprint density at radius 2 is 1.78 bits per heavy atom. The normalized spacial score (nSPS) is 12.1. The van der Waals surface area contributed by atoms with Crippen molar-refractivity contribution in [3.05, 3.63) is 73.3 Å². The zero-order chi connectivity index (χ0) is 23.2. The molecule has 158 valence electrons. The maximum Gasteiger partial charge on any atom is 0.291 e. The molecule has 7 nitrogen and oxygen atoms in total. The molecule has 0 radical (unpaired) electrons. The van der Waals surface area contributed by atoms with Gasteiger partial charge in [-0.15, -0.1) is 16.4 Å². The van der Waals surface area contributed by atoms with Gasteiger partial charge in [0, 0.05) is 21.1 Å². The van der Waals surface area contributed by atoms with Crippen LogP contribution < -0.4 is 16.5 Å². The molecule has 4 aromatic rings. The highest BCUT2D eigenvalue weighted by atomic mass is 32.1. The van der Waals surface area contributed by atoms with E-state index in [1.54, 1.807) is 6.92 Å². The second-order valence-electron chi connectivity index (χ2n) is 8.45. The first-order valence-corrected chi connectivity index (χ1v) is 10.7. The summed E-state index contributed by atoms with van der Waals surface area (Å²) in [5.41, 5.74) is 8.18. The molecule has 0 amide bonds. The number of thiophene rings is 1. The van der Waals surface area contributed by atoms with Crippen LogP contribution in [0.2, 0.25) is 0 Å². The van der Waals surface area contributed by atoms with E-state index in [0.717, 1.165) is 10.4 Å². The number of rotatable bonds is 2. The molecular weight excluding hydrogens is 420 g/mol. The van der Waals surface area contributed by atoms with Gasteiger partial charge in [-0.25, -0.2) is 4.98 Å². The van der Waals surface area contributed by atoms with Crippen LogP contribution in [0.1, 0.15) is 48.2 Å². The van der Waals surface area contributed by atoms with Gasteiger partial charge in [0.2, 0.25) is 0 Å². The molecule has 0 atom stereocenters. The minimum absolute atomic E-state index is 0.0143. The van der Waals surface area contributed by atoms with Crippen LogP contribution in [0.3, 0.4) is 0 Å². The summed E-state index contributed by atoms with van der Waals surface area (Å²) < 4.78 is 1.20. The van der Waals surface area contributed by atoms with Crippen molar-refractivity contribution in [3.63, 3.8) is 0 Å². The van der Waals surface area contributed by atoms with E-state index in [-0.39, 0.29) is 11.0 Å². The second kappa shape index (κ2) is 7.60. The summed E-state index contributed by atoms with van der Waals surface area (Å²) in [7, 11) is 0. The van der Waals surface area contributed by atoms with Crippen molar-refractivity contribution in [2.45, 2.75) is 33.1 Å². The number of aromatic nitrogens is 3. The van der Waals surface area contributed by atoms with Gasteiger partial charge in [-0.1, -0.05) is 51.1 Å². The number of benzene rings is 1. The molecule has 0 unspecified atom stereocenters. The second-order valence-corrected chi connectivity index (χ2v) is 9.54. The van der Waals surface area contributed by atoms with E-state index in [2.05, 4.69) is 16.2 Å². The fourth-order valence-electron chi connectivity index (χ4n) is 3.52. The molecule has 0 spiro atoms. The van der Waals surface area contributed by atoms with Crippen LogP contribution in [0.5, 0.6) is 0 Å². The zero-order valence-corrected chi connectivity index (χ0v) is 18.9. The van der Waals surface area contributed by atoms with Gasteiger partial charge in [-0.2, -0.15) is 15.0 Å². The van der Waals surface area contributed by atoms with Gasteiger partial charge in [0.25, 0.3) is 5.56 Å². The zero-order valence-electron chi connectivity index (χ0n) is 18.1. The topological polar surface area (TPSA) is 121 Å². The molecule has 0 bridgehead atoms. The highest BCUT2D eigenvalue weighted by molar-refractivity contribution is 7.17. The number of pyridine rings is 1. The number of hydrogen-bond donors (Lipinski definition) is 1. The Balaban J connectivity index is 2.15. The van der Waals surface area contributed by atoms with Crippen LogP contribution in [0, 0.1) is 29.6 Å². The molecule has 0 aliphatic carbocycles. The molecule has 4 rings (SSSR count). The highest BCUT2D eigenvalue weighted by Gasteiger charge is 2.24. The Bertz CT molecular complexity index is 1560. The van der Waals surface area contributed by atoms with E-state index in [1.807, 2.05) is 63.2 Å². The molecule has 0 saturated carbocycles. The fraction of sp³-hybridized carbons (Fsp3) is 0.208. The fourth-order valence-corrected chi connectivity index (χ4v) is 4.51. The van der Waals surface area contributed by atoms with Gasteiger partial charge in [0.05, 0.1) is 5.56 Å². The summed E-state index contributed by atoms with van der Waals surface area (Å²) in [5.74, 6) is 0.505. The SMILES string of the molecule is Cc1c(C#N)c(=O)n2nc(C(C)(C)C)nc2c1=Cc1sc(N)c(C#N)c1-c1ccccc1. The van der Waals surface area contributed by atoms with E-state index < -0.39 is 5.56 Å². The summed E-state index contributed by atoms with van der Waals surface area (Å²) in [6.07, 6.45) is 1.84. The van der Waals surface area contributed by atoms with Crippen LogP contribution in [0.4, 0.5) is 5.00 Å². The number of fused-ring (bicyclic) bond motifs is 1. The minimum atomic E-state index is -0.494. The van der Waals surface area contributed by atoms with Crippen LogP contribution in [0.25, 0.3) is 22.9 Å². The van der Waals surface area contributed by atoms with Gasteiger partial charge in [-0.05, 0) is 24.1 Å². The van der Waals surface area contributed by atoms with Crippen molar-refractivity contribution in [2.24, 2.45) is 0 Å². The quantitative estimate of drug-likeness (QED) is 0.510. The van der Waals surface area contributed by atoms with E-state index in [4.69, 9.17) is 5.73 Å². The summed E-state index contributed by atoms with van der Waals surface area (Å²) >= 11 is 1.28. The molecule has 0 saturated heterocycles. The Morgan fingerprint density at radius 1 is 1.12 bits per heavy atom. The summed E-state index contributed by atoms with van der Waals surface area (Å²) in [5, 5.41) is 24.8. The first kappa shape index (κ1) is 21.2. The van der Waals surface area contributed by atoms with Crippen molar-refractivity contribution in [1.29, 1.82) is 10.5 Å². The molecule has 8 heteroatoms. The van der Waals surface area contributed by atoms with Gasteiger partial charge < -0.3 is 5.73 Å². The maximum absolute atomic E-state index is 12.9. The largest absolute Gasteiger partial charge is 0.389 e. The van der Waals surface area contributed by atoms with Gasteiger partial charge >= 0.3 is 0 Å². The van der Waals surface area contributed by atoms with Crippen molar-refractivity contribution < 1.29 is 0 Å². The number of nitrogen functional groups attached to an aromatic ring is 1. The summed E-state index contributed by atoms with van der Waals surface area (Å²) in [6.45, 7) is 7.60. The van der Waals surface area contributed by atoms with Gasteiger partial charge in [-0.3, -0.25) is 4.79 Å². The molecule has 32 heavy (non-hydrogen) atoms. The number of hydrogen-bond acceptors (Lipinski definition) is 7. The lowest BCUT2D eigenvalue weighted by Gasteiger charge is -2.11.